The number of hydrogen-bond acceptors (Lipinski definition) is 6. The number of benzene rings is 2. The number of nitrogens with zero attached hydrogens (tertiary/aromatic N) is 1. The van der Waals surface area contributed by atoms with E-state index >= 15 is 0 Å². The number of carbonyl (C=O) groups excluding carboxylic acids is 3. The largest absolute Gasteiger partial charge is 0.494 e. The standard InChI is InChI=1S/C30H39FN2O5/c1-2-3-20-38-26-14-10-23(11-15-26)30(37)27(17-19-33-18-16-25(34)21-33)32-29(36)7-5-4-6-28(35)22-8-12-24(31)13-9-22/h8-15,25,27,34H,2-7,16-21H2,1H3,(H,32,36)/t25-,27?/m0/s1. The second-order valence-corrected chi connectivity index (χ2v) is 9.88. The number of carbonyl (C=O) groups is 3. The second-order valence-electron chi connectivity index (χ2n) is 9.88. The SMILES string of the molecule is CCCCOc1ccc(C(=O)C(CCN2CC[C@H](O)C2)NC(=O)CCCCC(=O)c2ccc(F)cc2)cc1. The van der Waals surface area contributed by atoms with Crippen LogP contribution in [0.15, 0.2) is 48.5 Å². The Labute approximate surface area is 224 Å². The molecule has 1 unspecified atom stereocenters. The number of unbranched alkanes of at least 4 members (excludes halogenated alkanes) is 2. The molecule has 1 heterocycles. The highest BCUT2D eigenvalue weighted by molar-refractivity contribution is 6.02. The zero-order chi connectivity index (χ0) is 27.3. The number of amides is 1. The highest BCUT2D eigenvalue weighted by atomic mass is 19.1. The summed E-state index contributed by atoms with van der Waals surface area (Å²) in [7, 11) is 0. The quantitative estimate of drug-likeness (QED) is 0.246. The molecule has 7 nitrogen and oxygen atoms in total. The average molecular weight is 527 g/mol. The first-order chi connectivity index (χ1) is 18.4. The van der Waals surface area contributed by atoms with Crippen LogP contribution in [-0.2, 0) is 4.79 Å². The zero-order valence-electron chi connectivity index (χ0n) is 22.2. The van der Waals surface area contributed by atoms with Crippen molar-refractivity contribution in [3.8, 4) is 5.75 Å². The van der Waals surface area contributed by atoms with Gasteiger partial charge in [-0.3, -0.25) is 14.4 Å². The maximum atomic E-state index is 13.3. The van der Waals surface area contributed by atoms with E-state index in [2.05, 4.69) is 17.1 Å². The summed E-state index contributed by atoms with van der Waals surface area (Å²) in [6.45, 7) is 4.65. The Kier molecular flexibility index (Phi) is 11.9. The van der Waals surface area contributed by atoms with Gasteiger partial charge in [0.05, 0.1) is 18.8 Å². The molecular formula is C30H39FN2O5. The van der Waals surface area contributed by atoms with Crippen LogP contribution in [-0.4, -0.2) is 65.9 Å². The number of aliphatic hydroxyl groups is 1. The van der Waals surface area contributed by atoms with E-state index in [9.17, 15) is 23.9 Å². The van der Waals surface area contributed by atoms with E-state index in [4.69, 9.17) is 4.74 Å². The molecule has 2 aromatic carbocycles. The highest BCUT2D eigenvalue weighted by Gasteiger charge is 2.26. The van der Waals surface area contributed by atoms with Crippen LogP contribution in [0.25, 0.3) is 0 Å². The van der Waals surface area contributed by atoms with E-state index in [0.29, 0.717) is 62.3 Å². The number of ether oxygens (including phenoxy) is 1. The highest BCUT2D eigenvalue weighted by Crippen LogP contribution is 2.17. The van der Waals surface area contributed by atoms with Crippen molar-refractivity contribution < 1.29 is 28.6 Å². The molecule has 38 heavy (non-hydrogen) atoms. The second kappa shape index (κ2) is 15.3. The summed E-state index contributed by atoms with van der Waals surface area (Å²) < 4.78 is 18.7. The van der Waals surface area contributed by atoms with Gasteiger partial charge in [-0.15, -0.1) is 0 Å². The number of Topliss-reactive ketones (excluding diaryl/α,β-unsaturated/α-hetero) is 2. The Hall–Kier alpha value is -3.10. The van der Waals surface area contributed by atoms with Crippen LogP contribution in [0.5, 0.6) is 5.75 Å². The van der Waals surface area contributed by atoms with Crippen molar-refractivity contribution in [3.63, 3.8) is 0 Å². The summed E-state index contributed by atoms with van der Waals surface area (Å²) in [6, 6.07) is 11.8. The first-order valence-corrected chi connectivity index (χ1v) is 13.6. The summed E-state index contributed by atoms with van der Waals surface area (Å²) in [4.78, 5) is 40.4. The summed E-state index contributed by atoms with van der Waals surface area (Å²) in [6.07, 6.45) is 4.29. The number of likely N-dealkylation sites (tertiary alicyclic amines) is 1. The van der Waals surface area contributed by atoms with E-state index in [1.54, 1.807) is 24.3 Å². The van der Waals surface area contributed by atoms with E-state index in [-0.39, 0.29) is 42.2 Å². The smallest absolute Gasteiger partial charge is 0.220 e. The lowest BCUT2D eigenvalue weighted by atomic mass is 10.0. The molecule has 1 aliphatic heterocycles. The molecule has 1 aliphatic rings. The van der Waals surface area contributed by atoms with Crippen LogP contribution in [0.2, 0.25) is 0 Å². The van der Waals surface area contributed by atoms with E-state index in [1.165, 1.54) is 24.3 Å². The normalized spacial score (nSPS) is 16.2. The van der Waals surface area contributed by atoms with Gasteiger partial charge in [0.15, 0.2) is 11.6 Å². The Morgan fingerprint density at radius 3 is 2.37 bits per heavy atom. The van der Waals surface area contributed by atoms with Crippen LogP contribution in [0.4, 0.5) is 4.39 Å². The van der Waals surface area contributed by atoms with Crippen molar-refractivity contribution in [2.45, 2.75) is 70.4 Å². The number of ketones is 2. The number of halogens is 1. The van der Waals surface area contributed by atoms with Crippen molar-refractivity contribution in [1.29, 1.82) is 0 Å². The molecule has 2 N–H and O–H groups in total. The van der Waals surface area contributed by atoms with E-state index in [1.807, 2.05) is 0 Å². The first kappa shape index (κ1) is 29.5. The minimum Gasteiger partial charge on any atom is -0.494 e. The van der Waals surface area contributed by atoms with Crippen molar-refractivity contribution in [1.82, 2.24) is 10.2 Å². The molecule has 0 bridgehead atoms. The van der Waals surface area contributed by atoms with Crippen molar-refractivity contribution in [3.05, 3.63) is 65.5 Å². The van der Waals surface area contributed by atoms with Gasteiger partial charge in [0.1, 0.15) is 11.6 Å². The summed E-state index contributed by atoms with van der Waals surface area (Å²) in [5.41, 5.74) is 0.958. The van der Waals surface area contributed by atoms with Gasteiger partial charge in [-0.1, -0.05) is 13.3 Å². The number of nitrogens with one attached hydrogen (secondary N) is 1. The lowest BCUT2D eigenvalue weighted by Gasteiger charge is -2.22. The number of β-amino-alcohol motifs (C(OH)–C–C–N with tert-alkyl or cyclic N) is 1. The van der Waals surface area contributed by atoms with Crippen molar-refractivity contribution >= 4 is 17.5 Å². The van der Waals surface area contributed by atoms with Crippen LogP contribution in [0.3, 0.4) is 0 Å². The minimum atomic E-state index is -0.687. The Morgan fingerprint density at radius 1 is 1.03 bits per heavy atom. The average Bonchev–Trinajstić information content (AvgIpc) is 3.34. The lowest BCUT2D eigenvalue weighted by molar-refractivity contribution is -0.121. The predicted octanol–water partition coefficient (Wildman–Crippen LogP) is 4.57. The van der Waals surface area contributed by atoms with E-state index in [0.717, 1.165) is 19.4 Å². The molecule has 1 saturated heterocycles. The topological polar surface area (TPSA) is 95.9 Å². The summed E-state index contributed by atoms with van der Waals surface area (Å²) >= 11 is 0. The number of rotatable bonds is 16. The van der Waals surface area contributed by atoms with Gasteiger partial charge in [-0.2, -0.15) is 0 Å². The predicted molar refractivity (Wildman–Crippen MR) is 144 cm³/mol. The van der Waals surface area contributed by atoms with E-state index < -0.39 is 6.04 Å². The molecule has 0 saturated carbocycles. The third kappa shape index (κ3) is 9.65. The molecule has 8 heteroatoms. The molecule has 0 aliphatic carbocycles. The molecule has 206 valence electrons. The molecule has 2 aromatic rings. The zero-order valence-corrected chi connectivity index (χ0v) is 22.2. The van der Waals surface area contributed by atoms with Gasteiger partial charge < -0.3 is 20.1 Å². The van der Waals surface area contributed by atoms with Gasteiger partial charge in [-0.05, 0) is 80.6 Å². The molecule has 1 fully saturated rings. The molecule has 0 spiro atoms. The lowest BCUT2D eigenvalue weighted by Crippen LogP contribution is -2.43. The maximum Gasteiger partial charge on any atom is 0.220 e. The summed E-state index contributed by atoms with van der Waals surface area (Å²) in [5, 5.41) is 12.7. The Bertz CT molecular complexity index is 1040. The van der Waals surface area contributed by atoms with Gasteiger partial charge in [0.25, 0.3) is 0 Å². The van der Waals surface area contributed by atoms with Crippen LogP contribution in [0, 0.1) is 5.82 Å². The first-order valence-electron chi connectivity index (χ1n) is 13.6. The van der Waals surface area contributed by atoms with Gasteiger partial charge >= 0.3 is 0 Å². The van der Waals surface area contributed by atoms with Crippen molar-refractivity contribution in [2.24, 2.45) is 0 Å². The molecular weight excluding hydrogens is 487 g/mol. The molecule has 2 atom stereocenters. The molecule has 3 rings (SSSR count). The number of aliphatic hydroxyl groups excluding tert-OH is 1. The number of hydrogen-bond donors (Lipinski definition) is 2. The monoisotopic (exact) mass is 526 g/mol. The minimum absolute atomic E-state index is 0.0895. The third-order valence-corrected chi connectivity index (χ3v) is 6.76. The van der Waals surface area contributed by atoms with Gasteiger partial charge in [-0.25, -0.2) is 4.39 Å². The van der Waals surface area contributed by atoms with Crippen LogP contribution in [0.1, 0.15) is 79.0 Å². The molecule has 0 aromatic heterocycles. The molecule has 0 radical (unpaired) electrons. The van der Waals surface area contributed by atoms with Crippen LogP contribution >= 0.6 is 0 Å². The molecule has 1 amide bonds. The van der Waals surface area contributed by atoms with Crippen molar-refractivity contribution in [2.75, 3.05) is 26.2 Å². The summed E-state index contributed by atoms with van der Waals surface area (Å²) in [5.74, 6) is -0.173. The fourth-order valence-corrected chi connectivity index (χ4v) is 4.46. The maximum absolute atomic E-state index is 13.3. The van der Waals surface area contributed by atoms with Gasteiger partial charge in [0.2, 0.25) is 5.91 Å². The fourth-order valence-electron chi connectivity index (χ4n) is 4.46. The Balaban J connectivity index is 1.52. The Morgan fingerprint density at radius 2 is 1.71 bits per heavy atom. The fraction of sp³-hybridized carbons (Fsp3) is 0.500. The van der Waals surface area contributed by atoms with Crippen LogP contribution < -0.4 is 10.1 Å². The van der Waals surface area contributed by atoms with Gasteiger partial charge in [0, 0.05) is 43.6 Å². The third-order valence-electron chi connectivity index (χ3n) is 6.76.